The van der Waals surface area contributed by atoms with Crippen LogP contribution in [0, 0.1) is 11.7 Å². The highest BCUT2D eigenvalue weighted by atomic mass is 19.1. The number of nitrogens with zero attached hydrogens (tertiary/aromatic N) is 6. The predicted octanol–water partition coefficient (Wildman–Crippen LogP) is 3.16. The van der Waals surface area contributed by atoms with Gasteiger partial charge in [-0.1, -0.05) is 26.0 Å². The number of para-hydroxylation sites is 1. The fourth-order valence-electron chi connectivity index (χ4n) is 4.96. The monoisotopic (exact) mass is 440 g/mol. The molecule has 2 aliphatic heterocycles. The Labute approximate surface area is 186 Å². The van der Waals surface area contributed by atoms with Gasteiger partial charge in [0, 0.05) is 51.0 Å². The first-order valence-corrected chi connectivity index (χ1v) is 11.4. The Bertz CT molecular complexity index is 1120. The summed E-state index contributed by atoms with van der Waals surface area (Å²) >= 11 is 0. The van der Waals surface area contributed by atoms with Crippen LogP contribution in [-0.2, 0) is 11.2 Å². The molecule has 1 amide bonds. The first kappa shape index (κ1) is 21.1. The van der Waals surface area contributed by atoms with Crippen molar-refractivity contribution in [1.29, 1.82) is 0 Å². The summed E-state index contributed by atoms with van der Waals surface area (Å²) in [5, 5.41) is 9.46. The number of piperidine rings is 1. The van der Waals surface area contributed by atoms with E-state index in [9.17, 15) is 9.18 Å². The van der Waals surface area contributed by atoms with E-state index < -0.39 is 0 Å². The normalized spacial score (nSPS) is 18.6. The summed E-state index contributed by atoms with van der Waals surface area (Å²) in [7, 11) is 0. The number of likely N-dealkylation sites (tertiary alicyclic amines) is 2. The van der Waals surface area contributed by atoms with E-state index in [0.29, 0.717) is 29.8 Å². The van der Waals surface area contributed by atoms with Gasteiger partial charge in [-0.2, -0.15) is 14.8 Å². The maximum atomic E-state index is 14.6. The van der Waals surface area contributed by atoms with Gasteiger partial charge >= 0.3 is 0 Å². The molecule has 0 aliphatic carbocycles. The average molecular weight is 441 g/mol. The molecular formula is C23H29FN6O2. The lowest BCUT2D eigenvalue weighted by Crippen LogP contribution is -2.56. The molecule has 5 rings (SSSR count). The van der Waals surface area contributed by atoms with Crippen LogP contribution in [0.1, 0.15) is 51.1 Å². The van der Waals surface area contributed by atoms with Crippen molar-refractivity contribution in [2.45, 2.75) is 52.0 Å². The number of rotatable bonds is 5. The van der Waals surface area contributed by atoms with Gasteiger partial charge in [0.15, 0.2) is 0 Å². The standard InChI is InChI=1S/C23H29FN6O2/c1-14(2)21-18-5-4-6-19(24)22(18)30(26-21)23-25-20(32-27-23)11-16-12-29(13-16)17-7-9-28(10-8-17)15(3)31/h4-6,14,16-17H,7-13H2,1-3H3. The van der Waals surface area contributed by atoms with Gasteiger partial charge in [-0.3, -0.25) is 9.69 Å². The van der Waals surface area contributed by atoms with Crippen LogP contribution in [-0.4, -0.2) is 67.8 Å². The van der Waals surface area contributed by atoms with E-state index in [2.05, 4.69) is 20.1 Å². The maximum Gasteiger partial charge on any atom is 0.291 e. The van der Waals surface area contributed by atoms with Crippen molar-refractivity contribution in [2.75, 3.05) is 26.2 Å². The largest absolute Gasteiger partial charge is 0.343 e. The molecule has 0 N–H and O–H groups in total. The van der Waals surface area contributed by atoms with Crippen molar-refractivity contribution in [3.63, 3.8) is 0 Å². The summed E-state index contributed by atoms with van der Waals surface area (Å²) in [6.45, 7) is 9.40. The molecule has 0 atom stereocenters. The summed E-state index contributed by atoms with van der Waals surface area (Å²) < 4.78 is 21.6. The highest BCUT2D eigenvalue weighted by molar-refractivity contribution is 5.84. The Kier molecular flexibility index (Phi) is 5.44. The molecule has 0 radical (unpaired) electrons. The Morgan fingerprint density at radius 3 is 2.69 bits per heavy atom. The summed E-state index contributed by atoms with van der Waals surface area (Å²) in [5.41, 5.74) is 1.20. The zero-order valence-electron chi connectivity index (χ0n) is 18.8. The number of amides is 1. The second-order valence-electron chi connectivity index (χ2n) is 9.34. The van der Waals surface area contributed by atoms with Gasteiger partial charge in [0.05, 0.1) is 5.69 Å². The highest BCUT2D eigenvalue weighted by Crippen LogP contribution is 2.30. The molecule has 4 heterocycles. The summed E-state index contributed by atoms with van der Waals surface area (Å²) in [5.74, 6) is 1.26. The Morgan fingerprint density at radius 2 is 2.00 bits per heavy atom. The van der Waals surface area contributed by atoms with Crippen LogP contribution in [0.3, 0.4) is 0 Å². The van der Waals surface area contributed by atoms with Gasteiger partial charge in [-0.15, -0.1) is 0 Å². The van der Waals surface area contributed by atoms with Crippen LogP contribution in [0.15, 0.2) is 22.7 Å². The Hall–Kier alpha value is -2.81. The minimum Gasteiger partial charge on any atom is -0.343 e. The van der Waals surface area contributed by atoms with Crippen LogP contribution in [0.2, 0.25) is 0 Å². The third-order valence-corrected chi connectivity index (χ3v) is 6.75. The number of carbonyl (C=O) groups excluding carboxylic acids is 1. The molecule has 2 saturated heterocycles. The number of hydrogen-bond acceptors (Lipinski definition) is 6. The van der Waals surface area contributed by atoms with Crippen molar-refractivity contribution >= 4 is 16.8 Å². The van der Waals surface area contributed by atoms with Crippen molar-refractivity contribution in [1.82, 2.24) is 29.7 Å². The first-order chi connectivity index (χ1) is 15.4. The van der Waals surface area contributed by atoms with Crippen LogP contribution in [0.5, 0.6) is 0 Å². The van der Waals surface area contributed by atoms with E-state index in [1.54, 1.807) is 13.0 Å². The van der Waals surface area contributed by atoms with Crippen LogP contribution < -0.4 is 0 Å². The summed E-state index contributed by atoms with van der Waals surface area (Å²) in [6, 6.07) is 5.55. The van der Waals surface area contributed by atoms with Gasteiger partial charge in [0.25, 0.3) is 5.95 Å². The van der Waals surface area contributed by atoms with Crippen molar-refractivity contribution < 1.29 is 13.7 Å². The van der Waals surface area contributed by atoms with E-state index in [4.69, 9.17) is 4.52 Å². The molecule has 1 aromatic carbocycles. The fourth-order valence-corrected chi connectivity index (χ4v) is 4.96. The van der Waals surface area contributed by atoms with E-state index in [0.717, 1.165) is 50.1 Å². The molecule has 3 aromatic rings. The number of halogens is 1. The van der Waals surface area contributed by atoms with Gasteiger partial charge in [-0.05, 0) is 35.9 Å². The Balaban J connectivity index is 1.24. The fraction of sp³-hybridized carbons (Fsp3) is 0.565. The zero-order chi connectivity index (χ0) is 22.4. The molecule has 2 aromatic heterocycles. The van der Waals surface area contributed by atoms with Crippen molar-refractivity contribution in [2.24, 2.45) is 5.92 Å². The molecule has 8 nitrogen and oxygen atoms in total. The first-order valence-electron chi connectivity index (χ1n) is 11.4. The molecule has 32 heavy (non-hydrogen) atoms. The Morgan fingerprint density at radius 1 is 1.25 bits per heavy atom. The number of aromatic nitrogens is 4. The quantitative estimate of drug-likeness (QED) is 0.606. The SMILES string of the molecule is CC(=O)N1CCC(N2CC(Cc3nc(-n4nc(C(C)C)c5cccc(F)c54)no3)C2)CC1. The van der Waals surface area contributed by atoms with Crippen LogP contribution in [0.25, 0.3) is 16.9 Å². The minimum absolute atomic E-state index is 0.148. The van der Waals surface area contributed by atoms with Crippen molar-refractivity contribution in [3.8, 4) is 5.95 Å². The smallest absolute Gasteiger partial charge is 0.291 e. The maximum absolute atomic E-state index is 14.6. The number of hydrogen-bond donors (Lipinski definition) is 0. The third kappa shape index (κ3) is 3.79. The number of fused-ring (bicyclic) bond motifs is 1. The third-order valence-electron chi connectivity index (χ3n) is 6.75. The van der Waals surface area contributed by atoms with Gasteiger partial charge in [0.2, 0.25) is 11.8 Å². The predicted molar refractivity (Wildman–Crippen MR) is 117 cm³/mol. The molecule has 170 valence electrons. The zero-order valence-corrected chi connectivity index (χ0v) is 18.8. The molecule has 0 bridgehead atoms. The highest BCUT2D eigenvalue weighted by Gasteiger charge is 2.35. The number of carbonyl (C=O) groups is 1. The van der Waals surface area contributed by atoms with Gasteiger partial charge in [0.1, 0.15) is 11.3 Å². The lowest BCUT2D eigenvalue weighted by atomic mass is 9.91. The summed E-state index contributed by atoms with van der Waals surface area (Å²) in [6.07, 6.45) is 2.77. The molecule has 2 aliphatic rings. The lowest BCUT2D eigenvalue weighted by molar-refractivity contribution is -0.130. The van der Waals surface area contributed by atoms with E-state index >= 15 is 0 Å². The van der Waals surface area contributed by atoms with Crippen LogP contribution in [0.4, 0.5) is 4.39 Å². The molecule has 9 heteroatoms. The van der Waals surface area contributed by atoms with Gasteiger partial charge in [-0.25, -0.2) is 4.39 Å². The lowest BCUT2D eigenvalue weighted by Gasteiger charge is -2.46. The topological polar surface area (TPSA) is 80.3 Å². The minimum atomic E-state index is -0.348. The van der Waals surface area contributed by atoms with Gasteiger partial charge < -0.3 is 9.42 Å². The van der Waals surface area contributed by atoms with E-state index in [-0.39, 0.29) is 23.6 Å². The van der Waals surface area contributed by atoms with E-state index in [1.165, 1.54) is 10.7 Å². The molecule has 2 fully saturated rings. The van der Waals surface area contributed by atoms with Crippen LogP contribution >= 0.6 is 0 Å². The average Bonchev–Trinajstić information content (AvgIpc) is 3.36. The molecule has 0 unspecified atom stereocenters. The van der Waals surface area contributed by atoms with Crippen molar-refractivity contribution in [3.05, 3.63) is 35.6 Å². The molecule has 0 saturated carbocycles. The molecule has 0 spiro atoms. The number of benzene rings is 1. The van der Waals surface area contributed by atoms with E-state index in [1.807, 2.05) is 24.8 Å². The second kappa shape index (κ2) is 8.27. The second-order valence-corrected chi connectivity index (χ2v) is 9.34. The molecular weight excluding hydrogens is 411 g/mol. The summed E-state index contributed by atoms with van der Waals surface area (Å²) in [4.78, 5) is 20.5.